The Labute approximate surface area is 106 Å². The topological polar surface area (TPSA) is 116 Å². The van der Waals surface area contributed by atoms with Crippen LogP contribution in [0.3, 0.4) is 0 Å². The minimum Gasteiger partial charge on any atom is -0.481 e. The first-order chi connectivity index (χ1) is 8.49. The zero-order chi connectivity index (χ0) is 13.5. The molecule has 1 aromatic heterocycles. The number of thiophene rings is 1. The summed E-state index contributed by atoms with van der Waals surface area (Å²) in [5, 5.41) is 23.6. The summed E-state index contributed by atoms with van der Waals surface area (Å²) in [4.78, 5) is 33.4. The van der Waals surface area contributed by atoms with Crippen LogP contribution >= 0.6 is 11.3 Å². The minimum atomic E-state index is -1.44. The highest BCUT2D eigenvalue weighted by Crippen LogP contribution is 2.07. The molecule has 0 saturated carbocycles. The lowest BCUT2D eigenvalue weighted by molar-refractivity contribution is -0.145. The van der Waals surface area contributed by atoms with E-state index in [-0.39, 0.29) is 6.54 Å². The smallest absolute Gasteiger partial charge is 0.326 e. The molecule has 7 nitrogen and oxygen atoms in total. The van der Waals surface area contributed by atoms with E-state index in [2.05, 4.69) is 10.6 Å². The number of carbonyl (C=O) groups is 3. The molecule has 0 aliphatic carbocycles. The highest BCUT2D eigenvalue weighted by Gasteiger charge is 2.22. The molecule has 2 amide bonds. The SMILES string of the molecule is O=C(O)C[C@H](NC(=O)NCc1cccs1)C(=O)O. The summed E-state index contributed by atoms with van der Waals surface area (Å²) in [7, 11) is 0. The van der Waals surface area contributed by atoms with Crippen molar-refractivity contribution in [2.75, 3.05) is 0 Å². The fourth-order valence-electron chi connectivity index (χ4n) is 1.16. The molecule has 1 atom stereocenters. The van der Waals surface area contributed by atoms with Crippen molar-refractivity contribution in [2.45, 2.75) is 19.0 Å². The van der Waals surface area contributed by atoms with Gasteiger partial charge in [-0.25, -0.2) is 9.59 Å². The molecule has 0 saturated heterocycles. The van der Waals surface area contributed by atoms with E-state index in [1.54, 1.807) is 0 Å². The van der Waals surface area contributed by atoms with Crippen LogP contribution in [0, 0.1) is 0 Å². The zero-order valence-corrected chi connectivity index (χ0v) is 10.1. The second-order valence-electron chi connectivity index (χ2n) is 3.40. The van der Waals surface area contributed by atoms with Gasteiger partial charge in [0.05, 0.1) is 13.0 Å². The molecule has 0 aromatic carbocycles. The van der Waals surface area contributed by atoms with E-state index in [1.165, 1.54) is 11.3 Å². The van der Waals surface area contributed by atoms with E-state index in [0.717, 1.165) is 4.88 Å². The molecule has 0 radical (unpaired) electrons. The fraction of sp³-hybridized carbons (Fsp3) is 0.300. The Kier molecular flexibility index (Phi) is 5.12. The Bertz CT molecular complexity index is 431. The second-order valence-corrected chi connectivity index (χ2v) is 4.43. The van der Waals surface area contributed by atoms with Crippen LogP contribution in [0.1, 0.15) is 11.3 Å². The molecule has 8 heteroatoms. The Morgan fingerprint density at radius 1 is 1.33 bits per heavy atom. The van der Waals surface area contributed by atoms with Gasteiger partial charge in [0.2, 0.25) is 0 Å². The van der Waals surface area contributed by atoms with E-state index < -0.39 is 30.4 Å². The van der Waals surface area contributed by atoms with Crippen LogP contribution in [0.2, 0.25) is 0 Å². The summed E-state index contributed by atoms with van der Waals surface area (Å²) >= 11 is 1.45. The number of carboxylic acids is 2. The van der Waals surface area contributed by atoms with Crippen LogP contribution in [0.15, 0.2) is 17.5 Å². The average molecular weight is 272 g/mol. The Hall–Kier alpha value is -2.09. The fourth-order valence-corrected chi connectivity index (χ4v) is 1.81. The van der Waals surface area contributed by atoms with Crippen molar-refractivity contribution in [2.24, 2.45) is 0 Å². The molecule has 0 spiro atoms. The molecule has 0 fully saturated rings. The van der Waals surface area contributed by atoms with Gasteiger partial charge in [-0.15, -0.1) is 11.3 Å². The third-order valence-corrected chi connectivity index (χ3v) is 2.86. The molecular formula is C10H12N2O5S. The summed E-state index contributed by atoms with van der Waals surface area (Å²) in [6.07, 6.45) is -0.665. The Morgan fingerprint density at radius 3 is 2.56 bits per heavy atom. The highest BCUT2D eigenvalue weighted by molar-refractivity contribution is 7.09. The number of hydrogen-bond acceptors (Lipinski definition) is 4. The van der Waals surface area contributed by atoms with Gasteiger partial charge in [-0.3, -0.25) is 4.79 Å². The van der Waals surface area contributed by atoms with Crippen molar-refractivity contribution < 1.29 is 24.6 Å². The van der Waals surface area contributed by atoms with E-state index in [1.807, 2.05) is 17.5 Å². The Balaban J connectivity index is 2.41. The number of carboxylic acid groups (broad SMARTS) is 2. The van der Waals surface area contributed by atoms with Crippen LogP contribution in [-0.4, -0.2) is 34.2 Å². The second kappa shape index (κ2) is 6.60. The molecule has 1 aromatic rings. The van der Waals surface area contributed by atoms with Crippen LogP contribution in [0.5, 0.6) is 0 Å². The maximum Gasteiger partial charge on any atom is 0.326 e. The standard InChI is InChI=1S/C10H12N2O5S/c13-8(14)4-7(9(15)16)12-10(17)11-5-6-2-1-3-18-6/h1-3,7H,4-5H2,(H,13,14)(H,15,16)(H2,11,12,17)/t7-/m0/s1. The largest absolute Gasteiger partial charge is 0.481 e. The van der Waals surface area contributed by atoms with Gasteiger partial charge in [0.15, 0.2) is 0 Å². The number of amides is 2. The quantitative estimate of drug-likeness (QED) is 0.601. The van der Waals surface area contributed by atoms with Gasteiger partial charge < -0.3 is 20.8 Å². The van der Waals surface area contributed by atoms with Crippen LogP contribution in [0.4, 0.5) is 4.79 Å². The molecule has 18 heavy (non-hydrogen) atoms. The maximum atomic E-state index is 11.4. The monoisotopic (exact) mass is 272 g/mol. The van der Waals surface area contributed by atoms with E-state index in [4.69, 9.17) is 10.2 Å². The first-order valence-electron chi connectivity index (χ1n) is 5.00. The minimum absolute atomic E-state index is 0.267. The lowest BCUT2D eigenvalue weighted by Gasteiger charge is -2.12. The molecule has 4 N–H and O–H groups in total. The first-order valence-corrected chi connectivity index (χ1v) is 5.88. The average Bonchev–Trinajstić information content (AvgIpc) is 2.77. The number of aliphatic carboxylic acids is 2. The normalized spacial score (nSPS) is 11.6. The van der Waals surface area contributed by atoms with E-state index in [0.29, 0.717) is 0 Å². The molecule has 0 unspecified atom stereocenters. The number of carbonyl (C=O) groups excluding carboxylic acids is 1. The molecule has 0 aliphatic rings. The van der Waals surface area contributed by atoms with Crippen LogP contribution in [-0.2, 0) is 16.1 Å². The molecule has 1 heterocycles. The predicted octanol–water partition coefficient (Wildman–Crippen LogP) is 0.475. The van der Waals surface area contributed by atoms with Crippen molar-refractivity contribution in [1.29, 1.82) is 0 Å². The number of rotatable bonds is 6. The number of hydrogen-bond donors (Lipinski definition) is 4. The third-order valence-electron chi connectivity index (χ3n) is 1.99. The van der Waals surface area contributed by atoms with Crippen molar-refractivity contribution in [3.05, 3.63) is 22.4 Å². The summed E-state index contributed by atoms with van der Waals surface area (Å²) in [5.41, 5.74) is 0. The maximum absolute atomic E-state index is 11.4. The van der Waals surface area contributed by atoms with Crippen molar-refractivity contribution >= 4 is 29.3 Å². The highest BCUT2D eigenvalue weighted by atomic mass is 32.1. The third kappa shape index (κ3) is 4.83. The summed E-state index contributed by atoms with van der Waals surface area (Å²) in [6, 6.07) is 1.49. The summed E-state index contributed by atoms with van der Waals surface area (Å²) in [6.45, 7) is 0.267. The molecule has 0 aliphatic heterocycles. The summed E-state index contributed by atoms with van der Waals surface area (Å²) in [5.74, 6) is -2.68. The van der Waals surface area contributed by atoms with Gasteiger partial charge in [-0.2, -0.15) is 0 Å². The molecular weight excluding hydrogens is 260 g/mol. The number of urea groups is 1. The van der Waals surface area contributed by atoms with Crippen molar-refractivity contribution in [3.8, 4) is 0 Å². The van der Waals surface area contributed by atoms with E-state index in [9.17, 15) is 14.4 Å². The zero-order valence-electron chi connectivity index (χ0n) is 9.25. The summed E-state index contributed by atoms with van der Waals surface area (Å²) < 4.78 is 0. The van der Waals surface area contributed by atoms with Crippen LogP contribution in [0.25, 0.3) is 0 Å². The van der Waals surface area contributed by atoms with Crippen molar-refractivity contribution in [3.63, 3.8) is 0 Å². The Morgan fingerprint density at radius 2 is 2.06 bits per heavy atom. The van der Waals surface area contributed by atoms with Gasteiger partial charge >= 0.3 is 18.0 Å². The lowest BCUT2D eigenvalue weighted by atomic mass is 10.2. The number of nitrogens with one attached hydrogen (secondary N) is 2. The lowest BCUT2D eigenvalue weighted by Crippen LogP contribution is -2.46. The molecule has 0 bridgehead atoms. The van der Waals surface area contributed by atoms with Gasteiger partial charge in [-0.05, 0) is 11.4 Å². The van der Waals surface area contributed by atoms with Gasteiger partial charge in [0.25, 0.3) is 0 Å². The van der Waals surface area contributed by atoms with Crippen molar-refractivity contribution in [1.82, 2.24) is 10.6 Å². The van der Waals surface area contributed by atoms with E-state index >= 15 is 0 Å². The first kappa shape index (κ1) is 14.0. The molecule has 1 rings (SSSR count). The van der Waals surface area contributed by atoms with Gasteiger partial charge in [0, 0.05) is 4.88 Å². The predicted molar refractivity (Wildman–Crippen MR) is 63.4 cm³/mol. The van der Waals surface area contributed by atoms with Crippen LogP contribution < -0.4 is 10.6 Å². The molecule has 98 valence electrons. The van der Waals surface area contributed by atoms with Gasteiger partial charge in [0.1, 0.15) is 6.04 Å². The van der Waals surface area contributed by atoms with Gasteiger partial charge in [-0.1, -0.05) is 6.07 Å².